The Morgan fingerprint density at radius 2 is 1.67 bits per heavy atom. The van der Waals surface area contributed by atoms with Crippen molar-refractivity contribution < 1.29 is 4.74 Å². The van der Waals surface area contributed by atoms with Gasteiger partial charge in [-0.1, -0.05) is 45.7 Å². The Morgan fingerprint density at radius 1 is 1.05 bits per heavy atom. The van der Waals surface area contributed by atoms with E-state index in [9.17, 15) is 0 Å². The lowest BCUT2D eigenvalue weighted by molar-refractivity contribution is 0.174. The van der Waals surface area contributed by atoms with Gasteiger partial charge in [0, 0.05) is 19.1 Å². The van der Waals surface area contributed by atoms with Crippen molar-refractivity contribution in [3.8, 4) is 5.75 Å². The minimum absolute atomic E-state index is 0.297. The van der Waals surface area contributed by atoms with Crippen LogP contribution in [0.3, 0.4) is 0 Å². The molecule has 1 aromatic carbocycles. The third-order valence-corrected chi connectivity index (χ3v) is 4.29. The van der Waals surface area contributed by atoms with Crippen LogP contribution in [0, 0.1) is 5.92 Å². The molecule has 1 unspecified atom stereocenters. The highest BCUT2D eigenvalue weighted by atomic mass is 16.5. The van der Waals surface area contributed by atoms with Crippen LogP contribution in [0.2, 0.25) is 0 Å². The van der Waals surface area contributed by atoms with Crippen LogP contribution < -0.4 is 10.5 Å². The quantitative estimate of drug-likeness (QED) is 0.712. The van der Waals surface area contributed by atoms with Gasteiger partial charge in [0.1, 0.15) is 5.75 Å². The first kappa shape index (κ1) is 18.0. The van der Waals surface area contributed by atoms with Gasteiger partial charge < -0.3 is 10.5 Å². The maximum atomic E-state index is 6.06. The summed E-state index contributed by atoms with van der Waals surface area (Å²) < 4.78 is 5.52. The van der Waals surface area contributed by atoms with Gasteiger partial charge in [-0.15, -0.1) is 0 Å². The topological polar surface area (TPSA) is 38.5 Å². The van der Waals surface area contributed by atoms with Crippen molar-refractivity contribution in [2.24, 2.45) is 11.7 Å². The van der Waals surface area contributed by atoms with E-state index >= 15 is 0 Å². The van der Waals surface area contributed by atoms with Crippen molar-refractivity contribution >= 4 is 0 Å². The molecular weight excluding hydrogens is 260 g/mol. The van der Waals surface area contributed by atoms with Gasteiger partial charge in [0.25, 0.3) is 0 Å². The zero-order chi connectivity index (χ0) is 15.7. The molecule has 1 rings (SSSR count). The SMILES string of the molecule is CCOc1ccc(C(CN)N(CC)CC(CC)CC)cc1. The molecule has 21 heavy (non-hydrogen) atoms. The normalized spacial score (nSPS) is 12.9. The van der Waals surface area contributed by atoms with Gasteiger partial charge in [0.2, 0.25) is 0 Å². The van der Waals surface area contributed by atoms with Crippen LogP contribution in [0.4, 0.5) is 0 Å². The highest BCUT2D eigenvalue weighted by Crippen LogP contribution is 2.24. The average Bonchev–Trinajstić information content (AvgIpc) is 2.53. The molecule has 120 valence electrons. The van der Waals surface area contributed by atoms with Gasteiger partial charge in [-0.3, -0.25) is 4.90 Å². The summed E-state index contributed by atoms with van der Waals surface area (Å²) in [6, 6.07) is 8.70. The molecule has 0 heterocycles. The lowest BCUT2D eigenvalue weighted by Gasteiger charge is -2.33. The van der Waals surface area contributed by atoms with Crippen LogP contribution in [0.15, 0.2) is 24.3 Å². The van der Waals surface area contributed by atoms with E-state index in [1.54, 1.807) is 0 Å². The van der Waals surface area contributed by atoms with Gasteiger partial charge in [0.05, 0.1) is 6.61 Å². The molecule has 0 bridgehead atoms. The summed E-state index contributed by atoms with van der Waals surface area (Å²) in [4.78, 5) is 2.51. The maximum absolute atomic E-state index is 6.06. The van der Waals surface area contributed by atoms with E-state index in [4.69, 9.17) is 10.5 Å². The Kier molecular flexibility index (Phi) is 8.40. The zero-order valence-corrected chi connectivity index (χ0v) is 14.1. The number of rotatable bonds is 10. The third-order valence-electron chi connectivity index (χ3n) is 4.29. The van der Waals surface area contributed by atoms with Crippen LogP contribution in [0.25, 0.3) is 0 Å². The Morgan fingerprint density at radius 3 is 2.10 bits per heavy atom. The zero-order valence-electron chi connectivity index (χ0n) is 14.1. The molecule has 0 spiro atoms. The Balaban J connectivity index is 2.82. The molecular formula is C18H32N2O. The van der Waals surface area contributed by atoms with Crippen molar-refractivity contribution in [2.75, 3.05) is 26.2 Å². The van der Waals surface area contributed by atoms with Crippen LogP contribution in [-0.2, 0) is 0 Å². The summed E-state index contributed by atoms with van der Waals surface area (Å²) in [7, 11) is 0. The molecule has 0 saturated heterocycles. The first-order chi connectivity index (χ1) is 10.2. The van der Waals surface area contributed by atoms with Crippen LogP contribution in [-0.4, -0.2) is 31.1 Å². The molecule has 0 radical (unpaired) electrons. The van der Waals surface area contributed by atoms with Crippen LogP contribution in [0.5, 0.6) is 5.75 Å². The summed E-state index contributed by atoms with van der Waals surface area (Å²) in [6.07, 6.45) is 2.46. The Labute approximate surface area is 130 Å². The number of nitrogens with zero attached hydrogens (tertiary/aromatic N) is 1. The van der Waals surface area contributed by atoms with Crippen LogP contribution >= 0.6 is 0 Å². The predicted octanol–water partition coefficient (Wildman–Crippen LogP) is 3.84. The van der Waals surface area contributed by atoms with Gasteiger partial charge in [0.15, 0.2) is 0 Å². The van der Waals surface area contributed by atoms with E-state index in [0.29, 0.717) is 19.2 Å². The summed E-state index contributed by atoms with van der Waals surface area (Å²) >= 11 is 0. The number of likely N-dealkylation sites (N-methyl/N-ethyl adjacent to an activating group) is 1. The van der Waals surface area contributed by atoms with Crippen molar-refractivity contribution in [3.05, 3.63) is 29.8 Å². The number of benzene rings is 1. The monoisotopic (exact) mass is 292 g/mol. The van der Waals surface area contributed by atoms with Crippen molar-refractivity contribution in [1.82, 2.24) is 4.90 Å². The number of hydrogen-bond donors (Lipinski definition) is 1. The van der Waals surface area contributed by atoms with E-state index in [1.807, 2.05) is 19.1 Å². The smallest absolute Gasteiger partial charge is 0.119 e. The molecule has 1 atom stereocenters. The minimum Gasteiger partial charge on any atom is -0.494 e. The Bertz CT molecular complexity index is 373. The fourth-order valence-electron chi connectivity index (χ4n) is 2.80. The number of hydrogen-bond acceptors (Lipinski definition) is 3. The summed E-state index contributed by atoms with van der Waals surface area (Å²) in [6.45, 7) is 12.3. The lowest BCUT2D eigenvalue weighted by atomic mass is 9.99. The summed E-state index contributed by atoms with van der Waals surface area (Å²) in [5.41, 5.74) is 7.35. The van der Waals surface area contributed by atoms with Gasteiger partial charge in [-0.05, 0) is 37.1 Å². The second kappa shape index (κ2) is 9.80. The molecule has 1 aromatic rings. The maximum Gasteiger partial charge on any atom is 0.119 e. The molecule has 0 amide bonds. The first-order valence-corrected chi connectivity index (χ1v) is 8.36. The fourth-order valence-corrected chi connectivity index (χ4v) is 2.80. The molecule has 0 saturated carbocycles. The van der Waals surface area contributed by atoms with Crippen molar-refractivity contribution in [3.63, 3.8) is 0 Å². The second-order valence-corrected chi connectivity index (χ2v) is 5.52. The van der Waals surface area contributed by atoms with Gasteiger partial charge in [-0.25, -0.2) is 0 Å². The van der Waals surface area contributed by atoms with Gasteiger partial charge >= 0.3 is 0 Å². The molecule has 0 aliphatic carbocycles. The molecule has 0 fully saturated rings. The number of ether oxygens (including phenoxy) is 1. The molecule has 3 nitrogen and oxygen atoms in total. The van der Waals surface area contributed by atoms with E-state index in [0.717, 1.165) is 24.8 Å². The van der Waals surface area contributed by atoms with Crippen molar-refractivity contribution in [1.29, 1.82) is 0 Å². The van der Waals surface area contributed by atoms with E-state index in [-0.39, 0.29) is 0 Å². The summed E-state index contributed by atoms with van der Waals surface area (Å²) in [5.74, 6) is 1.68. The van der Waals surface area contributed by atoms with Gasteiger partial charge in [-0.2, -0.15) is 0 Å². The lowest BCUT2D eigenvalue weighted by Crippen LogP contribution is -2.37. The third kappa shape index (κ3) is 5.33. The highest BCUT2D eigenvalue weighted by molar-refractivity contribution is 5.29. The summed E-state index contributed by atoms with van der Waals surface area (Å²) in [5, 5.41) is 0. The molecule has 0 aliphatic heterocycles. The standard InChI is InChI=1S/C18H32N2O/c1-5-15(6-2)14-20(7-3)18(13-19)16-9-11-17(12-10-16)21-8-4/h9-12,15,18H,5-8,13-14,19H2,1-4H3. The number of nitrogens with two attached hydrogens (primary N) is 1. The first-order valence-electron chi connectivity index (χ1n) is 8.36. The van der Waals surface area contributed by atoms with E-state index < -0.39 is 0 Å². The van der Waals surface area contributed by atoms with E-state index in [1.165, 1.54) is 18.4 Å². The van der Waals surface area contributed by atoms with E-state index in [2.05, 4.69) is 37.8 Å². The Hall–Kier alpha value is -1.06. The molecule has 0 aliphatic rings. The predicted molar refractivity (Wildman–Crippen MR) is 90.7 cm³/mol. The molecule has 2 N–H and O–H groups in total. The molecule has 3 heteroatoms. The molecule has 0 aromatic heterocycles. The minimum atomic E-state index is 0.297. The van der Waals surface area contributed by atoms with Crippen molar-refractivity contribution in [2.45, 2.75) is 46.6 Å². The average molecular weight is 292 g/mol. The fraction of sp³-hybridized carbons (Fsp3) is 0.667. The second-order valence-electron chi connectivity index (χ2n) is 5.52. The largest absolute Gasteiger partial charge is 0.494 e. The van der Waals surface area contributed by atoms with Crippen LogP contribution in [0.1, 0.15) is 52.1 Å². The highest BCUT2D eigenvalue weighted by Gasteiger charge is 2.20.